The average Bonchev–Trinajstić information content (AvgIpc) is 2.75. The first kappa shape index (κ1) is 11.7. The molecule has 7 heteroatoms. The molecule has 0 aliphatic heterocycles. The molecular weight excluding hydrogens is 220 g/mol. The van der Waals surface area contributed by atoms with Crippen molar-refractivity contribution in [3.63, 3.8) is 0 Å². The van der Waals surface area contributed by atoms with Gasteiger partial charge in [0.2, 0.25) is 0 Å². The zero-order chi connectivity index (χ0) is 12.3. The van der Waals surface area contributed by atoms with Crippen LogP contribution in [0.25, 0.3) is 11.2 Å². The highest BCUT2D eigenvalue weighted by atomic mass is 16.3. The SMILES string of the molecule is CNC(CO)CCn1cnc2c(N)ncnc21. The Kier molecular flexibility index (Phi) is 3.50. The number of anilines is 1. The Morgan fingerprint density at radius 3 is 3.00 bits per heavy atom. The maximum atomic E-state index is 9.08. The Morgan fingerprint density at radius 1 is 1.47 bits per heavy atom. The molecule has 1 unspecified atom stereocenters. The first-order valence-electron chi connectivity index (χ1n) is 5.45. The molecule has 0 aliphatic carbocycles. The summed E-state index contributed by atoms with van der Waals surface area (Å²) in [5, 5.41) is 12.1. The van der Waals surface area contributed by atoms with Crippen LogP contribution in [-0.4, -0.2) is 44.3 Å². The zero-order valence-electron chi connectivity index (χ0n) is 9.67. The van der Waals surface area contributed by atoms with E-state index in [1.807, 2.05) is 11.6 Å². The second-order valence-corrected chi connectivity index (χ2v) is 3.83. The lowest BCUT2D eigenvalue weighted by Gasteiger charge is -2.12. The first-order valence-corrected chi connectivity index (χ1v) is 5.45. The number of nitrogens with two attached hydrogens (primary N) is 1. The smallest absolute Gasteiger partial charge is 0.165 e. The van der Waals surface area contributed by atoms with E-state index in [4.69, 9.17) is 10.8 Å². The summed E-state index contributed by atoms with van der Waals surface area (Å²) < 4.78 is 1.91. The van der Waals surface area contributed by atoms with Gasteiger partial charge < -0.3 is 20.7 Å². The Labute approximate surface area is 98.7 Å². The lowest BCUT2D eigenvalue weighted by molar-refractivity contribution is 0.238. The predicted octanol–water partition coefficient (Wildman–Crippen LogP) is -0.621. The Hall–Kier alpha value is -1.73. The molecular formula is C10H16N6O. The van der Waals surface area contributed by atoms with Gasteiger partial charge >= 0.3 is 0 Å². The molecule has 17 heavy (non-hydrogen) atoms. The van der Waals surface area contributed by atoms with E-state index in [0.29, 0.717) is 11.3 Å². The van der Waals surface area contributed by atoms with Gasteiger partial charge in [0.15, 0.2) is 11.5 Å². The minimum atomic E-state index is 0.0756. The van der Waals surface area contributed by atoms with Gasteiger partial charge in [0.05, 0.1) is 12.9 Å². The summed E-state index contributed by atoms with van der Waals surface area (Å²) >= 11 is 0. The van der Waals surface area contributed by atoms with Crippen LogP contribution in [0.4, 0.5) is 5.82 Å². The zero-order valence-corrected chi connectivity index (χ0v) is 9.67. The molecule has 0 saturated heterocycles. The van der Waals surface area contributed by atoms with E-state index in [2.05, 4.69) is 20.3 Å². The first-order chi connectivity index (χ1) is 8.26. The Bertz CT molecular complexity index is 493. The van der Waals surface area contributed by atoms with E-state index in [-0.39, 0.29) is 12.6 Å². The summed E-state index contributed by atoms with van der Waals surface area (Å²) in [4.78, 5) is 12.2. The van der Waals surface area contributed by atoms with Crippen LogP contribution in [0.3, 0.4) is 0 Å². The largest absolute Gasteiger partial charge is 0.395 e. The van der Waals surface area contributed by atoms with E-state index in [1.54, 1.807) is 6.33 Å². The third-order valence-corrected chi connectivity index (χ3v) is 2.78. The van der Waals surface area contributed by atoms with Crippen molar-refractivity contribution in [1.29, 1.82) is 0 Å². The number of hydrogen-bond donors (Lipinski definition) is 3. The minimum Gasteiger partial charge on any atom is -0.395 e. The van der Waals surface area contributed by atoms with E-state index in [0.717, 1.165) is 18.6 Å². The standard InChI is InChI=1S/C10H16N6O/c1-12-7(4-17)2-3-16-6-15-8-9(11)13-5-14-10(8)16/h5-7,12,17H,2-4H2,1H3,(H2,11,13,14). The molecule has 0 bridgehead atoms. The van der Waals surface area contributed by atoms with Crippen molar-refractivity contribution in [1.82, 2.24) is 24.8 Å². The van der Waals surface area contributed by atoms with Crippen LogP contribution in [0.2, 0.25) is 0 Å². The maximum absolute atomic E-state index is 9.08. The molecule has 0 amide bonds. The van der Waals surface area contributed by atoms with E-state index in [9.17, 15) is 0 Å². The Balaban J connectivity index is 2.17. The highest BCUT2D eigenvalue weighted by Gasteiger charge is 2.09. The van der Waals surface area contributed by atoms with E-state index < -0.39 is 0 Å². The highest BCUT2D eigenvalue weighted by Crippen LogP contribution is 2.14. The molecule has 0 spiro atoms. The van der Waals surface area contributed by atoms with Crippen LogP contribution in [0.1, 0.15) is 6.42 Å². The molecule has 2 heterocycles. The average molecular weight is 236 g/mol. The molecule has 2 aromatic heterocycles. The fourth-order valence-corrected chi connectivity index (χ4v) is 1.68. The molecule has 0 radical (unpaired) electrons. The fraction of sp³-hybridized carbons (Fsp3) is 0.500. The number of nitrogens with zero attached hydrogens (tertiary/aromatic N) is 4. The second-order valence-electron chi connectivity index (χ2n) is 3.83. The molecule has 0 aliphatic rings. The number of rotatable bonds is 5. The quantitative estimate of drug-likeness (QED) is 0.639. The van der Waals surface area contributed by atoms with Gasteiger partial charge in [-0.2, -0.15) is 0 Å². The third kappa shape index (κ3) is 2.34. The van der Waals surface area contributed by atoms with Gasteiger partial charge in [-0.05, 0) is 13.5 Å². The summed E-state index contributed by atoms with van der Waals surface area (Å²) in [6, 6.07) is 0.0756. The molecule has 0 aromatic carbocycles. The number of imidazole rings is 1. The van der Waals surface area contributed by atoms with Crippen molar-refractivity contribution >= 4 is 17.0 Å². The minimum absolute atomic E-state index is 0.0756. The van der Waals surface area contributed by atoms with E-state index in [1.165, 1.54) is 6.33 Å². The van der Waals surface area contributed by atoms with Crippen LogP contribution < -0.4 is 11.1 Å². The van der Waals surface area contributed by atoms with Crippen LogP contribution >= 0.6 is 0 Å². The number of aryl methyl sites for hydroxylation is 1. The summed E-state index contributed by atoms with van der Waals surface area (Å²) in [6.45, 7) is 0.833. The van der Waals surface area contributed by atoms with Crippen molar-refractivity contribution in [2.45, 2.75) is 19.0 Å². The topological polar surface area (TPSA) is 102 Å². The van der Waals surface area contributed by atoms with Gasteiger partial charge in [-0.25, -0.2) is 15.0 Å². The van der Waals surface area contributed by atoms with Crippen molar-refractivity contribution in [2.75, 3.05) is 19.4 Å². The molecule has 92 valence electrons. The number of fused-ring (bicyclic) bond motifs is 1. The number of hydrogen-bond acceptors (Lipinski definition) is 6. The fourth-order valence-electron chi connectivity index (χ4n) is 1.68. The number of nitrogens with one attached hydrogen (secondary N) is 1. The molecule has 1 atom stereocenters. The van der Waals surface area contributed by atoms with Crippen molar-refractivity contribution in [3.05, 3.63) is 12.7 Å². The lowest BCUT2D eigenvalue weighted by Crippen LogP contribution is -2.30. The van der Waals surface area contributed by atoms with Crippen molar-refractivity contribution < 1.29 is 5.11 Å². The third-order valence-electron chi connectivity index (χ3n) is 2.78. The Morgan fingerprint density at radius 2 is 2.29 bits per heavy atom. The monoisotopic (exact) mass is 236 g/mol. The predicted molar refractivity (Wildman–Crippen MR) is 64.3 cm³/mol. The molecule has 0 fully saturated rings. The molecule has 7 nitrogen and oxygen atoms in total. The van der Waals surface area contributed by atoms with Crippen LogP contribution in [-0.2, 0) is 6.54 Å². The van der Waals surface area contributed by atoms with Crippen LogP contribution in [0, 0.1) is 0 Å². The molecule has 2 rings (SSSR count). The van der Waals surface area contributed by atoms with E-state index >= 15 is 0 Å². The van der Waals surface area contributed by atoms with Gasteiger partial charge in [-0.15, -0.1) is 0 Å². The summed E-state index contributed by atoms with van der Waals surface area (Å²) in [7, 11) is 1.83. The van der Waals surface area contributed by atoms with Gasteiger partial charge in [0.1, 0.15) is 11.8 Å². The summed E-state index contributed by atoms with van der Waals surface area (Å²) in [5.41, 5.74) is 7.05. The summed E-state index contributed by atoms with van der Waals surface area (Å²) in [6.07, 6.45) is 3.92. The number of aliphatic hydroxyl groups is 1. The van der Waals surface area contributed by atoms with Gasteiger partial charge in [-0.1, -0.05) is 0 Å². The molecule has 0 saturated carbocycles. The number of aromatic nitrogens is 4. The van der Waals surface area contributed by atoms with Crippen LogP contribution in [0.5, 0.6) is 0 Å². The molecule has 2 aromatic rings. The van der Waals surface area contributed by atoms with Gasteiger partial charge in [0.25, 0.3) is 0 Å². The highest BCUT2D eigenvalue weighted by molar-refractivity contribution is 5.80. The number of aliphatic hydroxyl groups excluding tert-OH is 1. The summed E-state index contributed by atoms with van der Waals surface area (Å²) in [5.74, 6) is 0.390. The van der Waals surface area contributed by atoms with Crippen molar-refractivity contribution in [3.8, 4) is 0 Å². The van der Waals surface area contributed by atoms with Crippen LogP contribution in [0.15, 0.2) is 12.7 Å². The number of likely N-dealkylation sites (N-methyl/N-ethyl adjacent to an activating group) is 1. The molecule has 4 N–H and O–H groups in total. The van der Waals surface area contributed by atoms with Crippen molar-refractivity contribution in [2.24, 2.45) is 0 Å². The maximum Gasteiger partial charge on any atom is 0.165 e. The number of nitrogen functional groups attached to an aromatic ring is 1. The normalized spacial score (nSPS) is 13.1. The lowest BCUT2D eigenvalue weighted by atomic mass is 10.2. The second kappa shape index (κ2) is 5.07. The van der Waals surface area contributed by atoms with Gasteiger partial charge in [0, 0.05) is 12.6 Å². The van der Waals surface area contributed by atoms with Gasteiger partial charge in [-0.3, -0.25) is 0 Å².